The normalized spacial score (nSPS) is 13.2. The van der Waals surface area contributed by atoms with Crippen LogP contribution < -0.4 is 0 Å². The fraction of sp³-hybridized carbons (Fsp3) is 0.667. The van der Waals surface area contributed by atoms with Gasteiger partial charge in [-0.15, -0.1) is 6.58 Å². The summed E-state index contributed by atoms with van der Waals surface area (Å²) in [6.45, 7) is 3.48. The van der Waals surface area contributed by atoms with Crippen molar-refractivity contribution >= 4 is 15.9 Å². The second-order valence-electron chi connectivity index (χ2n) is 1.62. The Hall–Kier alpha value is 0.150. The zero-order chi connectivity index (χ0) is 6.41. The Morgan fingerprint density at radius 1 is 1.75 bits per heavy atom. The van der Waals surface area contributed by atoms with Crippen molar-refractivity contribution in [1.29, 1.82) is 0 Å². The molecule has 48 valence electrons. The topological polar surface area (TPSA) is 0 Å². The van der Waals surface area contributed by atoms with E-state index in [1.807, 2.05) is 0 Å². The van der Waals surface area contributed by atoms with Gasteiger partial charge in [0.1, 0.15) is 6.17 Å². The number of alkyl halides is 2. The van der Waals surface area contributed by atoms with E-state index in [0.717, 1.165) is 6.42 Å². The van der Waals surface area contributed by atoms with Crippen LogP contribution in [0.3, 0.4) is 0 Å². The summed E-state index contributed by atoms with van der Waals surface area (Å²) in [5.41, 5.74) is 0. The van der Waals surface area contributed by atoms with Crippen LogP contribution in [0.5, 0.6) is 0 Å². The molecular formula is C6H10BrF. The number of rotatable bonds is 4. The molecule has 0 fully saturated rings. The Bertz CT molecular complexity index is 63.5. The third kappa shape index (κ3) is 4.31. The fourth-order valence-electron chi connectivity index (χ4n) is 0.376. The third-order valence-electron chi connectivity index (χ3n) is 0.851. The average molecular weight is 181 g/mol. The van der Waals surface area contributed by atoms with Crippen LogP contribution in [-0.2, 0) is 0 Å². The molecule has 0 aliphatic rings. The van der Waals surface area contributed by atoms with Gasteiger partial charge < -0.3 is 0 Å². The number of halogens is 2. The molecule has 0 spiro atoms. The van der Waals surface area contributed by atoms with Crippen LogP contribution in [0.1, 0.15) is 12.8 Å². The Kier molecular flexibility index (Phi) is 5.39. The first-order chi connectivity index (χ1) is 3.81. The van der Waals surface area contributed by atoms with Gasteiger partial charge in [0.05, 0.1) is 0 Å². The van der Waals surface area contributed by atoms with E-state index in [-0.39, 0.29) is 0 Å². The third-order valence-corrected chi connectivity index (χ3v) is 1.55. The lowest BCUT2D eigenvalue weighted by Crippen LogP contribution is -1.98. The van der Waals surface area contributed by atoms with Gasteiger partial charge in [-0.05, 0) is 12.8 Å². The summed E-state index contributed by atoms with van der Waals surface area (Å²) in [4.78, 5) is 0. The molecule has 1 atom stereocenters. The van der Waals surface area contributed by atoms with Gasteiger partial charge in [-0.1, -0.05) is 22.0 Å². The Morgan fingerprint density at radius 3 is 2.75 bits per heavy atom. The standard InChI is InChI=1S/C6H10BrF/c1-2-3-4-6(8)5-7/h2,6H,1,3-5H2/t6-/m0/s1. The maximum Gasteiger partial charge on any atom is 0.110 e. The molecular weight excluding hydrogens is 171 g/mol. The van der Waals surface area contributed by atoms with E-state index in [9.17, 15) is 4.39 Å². The van der Waals surface area contributed by atoms with E-state index in [0.29, 0.717) is 11.8 Å². The molecule has 8 heavy (non-hydrogen) atoms. The first kappa shape index (κ1) is 8.15. The number of hydrogen-bond acceptors (Lipinski definition) is 0. The van der Waals surface area contributed by atoms with E-state index >= 15 is 0 Å². The monoisotopic (exact) mass is 180 g/mol. The largest absolute Gasteiger partial charge is 0.247 e. The highest BCUT2D eigenvalue weighted by Crippen LogP contribution is 2.04. The summed E-state index contributed by atoms with van der Waals surface area (Å²) in [5, 5.41) is 0.445. The quantitative estimate of drug-likeness (QED) is 0.462. The lowest BCUT2D eigenvalue weighted by Gasteiger charge is -1.97. The van der Waals surface area contributed by atoms with Crippen molar-refractivity contribution < 1.29 is 4.39 Å². The van der Waals surface area contributed by atoms with Gasteiger partial charge in [-0.3, -0.25) is 0 Å². The summed E-state index contributed by atoms with van der Waals surface area (Å²) in [6.07, 6.45) is 2.39. The highest BCUT2D eigenvalue weighted by molar-refractivity contribution is 9.09. The van der Waals surface area contributed by atoms with E-state index < -0.39 is 6.17 Å². The first-order valence-electron chi connectivity index (χ1n) is 2.62. The van der Waals surface area contributed by atoms with Crippen molar-refractivity contribution in [2.24, 2.45) is 0 Å². The molecule has 0 amide bonds. The second kappa shape index (κ2) is 5.29. The number of hydrogen-bond donors (Lipinski definition) is 0. The van der Waals surface area contributed by atoms with Crippen LogP contribution >= 0.6 is 15.9 Å². The predicted octanol–water partition coefficient (Wildman–Crippen LogP) is 2.69. The molecule has 2 heteroatoms. The molecule has 0 saturated carbocycles. The molecule has 0 saturated heterocycles. The molecule has 0 aromatic rings. The van der Waals surface area contributed by atoms with Gasteiger partial charge in [-0.25, -0.2) is 4.39 Å². The van der Waals surface area contributed by atoms with Crippen molar-refractivity contribution in [3.63, 3.8) is 0 Å². The molecule has 0 nitrogen and oxygen atoms in total. The summed E-state index contributed by atoms with van der Waals surface area (Å²) in [6, 6.07) is 0. The van der Waals surface area contributed by atoms with Crippen molar-refractivity contribution in [3.05, 3.63) is 12.7 Å². The molecule has 0 rings (SSSR count). The minimum atomic E-state index is -0.701. The summed E-state index contributed by atoms with van der Waals surface area (Å²) in [7, 11) is 0. The maximum absolute atomic E-state index is 12.2. The predicted molar refractivity (Wildman–Crippen MR) is 38.1 cm³/mol. The van der Waals surface area contributed by atoms with Crippen molar-refractivity contribution in [3.8, 4) is 0 Å². The lowest BCUT2D eigenvalue weighted by molar-refractivity contribution is 0.351. The molecule has 0 aromatic carbocycles. The minimum Gasteiger partial charge on any atom is -0.247 e. The van der Waals surface area contributed by atoms with Gasteiger partial charge >= 0.3 is 0 Å². The van der Waals surface area contributed by atoms with Crippen LogP contribution in [0.2, 0.25) is 0 Å². The molecule has 0 aromatic heterocycles. The van der Waals surface area contributed by atoms with Crippen molar-refractivity contribution in [2.75, 3.05) is 5.33 Å². The highest BCUT2D eigenvalue weighted by atomic mass is 79.9. The van der Waals surface area contributed by atoms with E-state index in [4.69, 9.17) is 0 Å². The molecule has 0 aliphatic carbocycles. The summed E-state index contributed by atoms with van der Waals surface area (Å²) < 4.78 is 12.2. The molecule has 0 bridgehead atoms. The van der Waals surface area contributed by atoms with Crippen molar-refractivity contribution in [2.45, 2.75) is 19.0 Å². The molecule has 0 heterocycles. The van der Waals surface area contributed by atoms with Gasteiger partial charge in [0.25, 0.3) is 0 Å². The van der Waals surface area contributed by atoms with E-state index in [1.165, 1.54) is 0 Å². The van der Waals surface area contributed by atoms with Crippen LogP contribution in [0, 0.1) is 0 Å². The zero-order valence-electron chi connectivity index (χ0n) is 4.74. The van der Waals surface area contributed by atoms with Crippen LogP contribution in [0.15, 0.2) is 12.7 Å². The fourth-order valence-corrected chi connectivity index (χ4v) is 0.700. The minimum absolute atomic E-state index is 0.445. The van der Waals surface area contributed by atoms with Gasteiger partial charge in [0.2, 0.25) is 0 Å². The lowest BCUT2D eigenvalue weighted by atomic mass is 10.2. The van der Waals surface area contributed by atoms with Crippen LogP contribution in [0.25, 0.3) is 0 Å². The molecule has 0 unspecified atom stereocenters. The Balaban J connectivity index is 2.97. The van der Waals surface area contributed by atoms with Crippen LogP contribution in [0.4, 0.5) is 4.39 Å². The summed E-state index contributed by atoms with van der Waals surface area (Å²) in [5.74, 6) is 0. The Labute approximate surface area is 57.9 Å². The van der Waals surface area contributed by atoms with Crippen molar-refractivity contribution in [1.82, 2.24) is 0 Å². The van der Waals surface area contributed by atoms with Gasteiger partial charge in [0.15, 0.2) is 0 Å². The SMILES string of the molecule is C=CCC[C@H](F)CBr. The molecule has 0 radical (unpaired) electrons. The average Bonchev–Trinajstić information content (AvgIpc) is 1.83. The maximum atomic E-state index is 12.2. The molecule has 0 N–H and O–H groups in total. The number of allylic oxidation sites excluding steroid dienone is 1. The molecule has 0 aliphatic heterocycles. The highest BCUT2D eigenvalue weighted by Gasteiger charge is 1.99. The smallest absolute Gasteiger partial charge is 0.110 e. The Morgan fingerprint density at radius 2 is 2.38 bits per heavy atom. The van der Waals surface area contributed by atoms with E-state index in [2.05, 4.69) is 22.5 Å². The summed E-state index contributed by atoms with van der Waals surface area (Å²) >= 11 is 3.04. The van der Waals surface area contributed by atoms with Gasteiger partial charge in [-0.2, -0.15) is 0 Å². The van der Waals surface area contributed by atoms with E-state index in [1.54, 1.807) is 6.08 Å². The first-order valence-corrected chi connectivity index (χ1v) is 3.74. The zero-order valence-corrected chi connectivity index (χ0v) is 6.33. The second-order valence-corrected chi connectivity index (χ2v) is 2.27. The van der Waals surface area contributed by atoms with Gasteiger partial charge in [0, 0.05) is 5.33 Å². The van der Waals surface area contributed by atoms with Crippen LogP contribution in [-0.4, -0.2) is 11.5 Å².